The average molecular weight is 278 g/mol. The normalized spacial score (nSPS) is 11.0. The average Bonchev–Trinajstić information content (AvgIpc) is 2.41. The monoisotopic (exact) mass is 278 g/mol. The minimum atomic E-state index is -0.449. The number of benzene rings is 1. The summed E-state index contributed by atoms with van der Waals surface area (Å²) in [6.07, 6.45) is 0.351. The van der Waals surface area contributed by atoms with E-state index in [1.807, 2.05) is 13.8 Å². The maximum absolute atomic E-state index is 11.9. The van der Waals surface area contributed by atoms with Crippen molar-refractivity contribution >= 4 is 11.7 Å². The standard InChI is InChI=1S/C15H22N2O3/c1-15(2,16)10-17-14(19)9-8-13(18)11-4-6-12(20-3)7-5-11/h4-7H,8-10,16H2,1-3H3,(H,17,19). The van der Waals surface area contributed by atoms with Crippen LogP contribution in [0.3, 0.4) is 0 Å². The molecule has 0 aliphatic heterocycles. The van der Waals surface area contributed by atoms with Crippen molar-refractivity contribution in [1.82, 2.24) is 5.32 Å². The third kappa shape index (κ3) is 5.84. The molecule has 0 unspecified atom stereocenters. The second-order valence-electron chi connectivity index (χ2n) is 5.42. The molecule has 1 rings (SSSR count). The Balaban J connectivity index is 2.40. The molecule has 20 heavy (non-hydrogen) atoms. The number of Topliss-reactive ketones (excluding diaryl/α,β-unsaturated/α-hetero) is 1. The molecule has 0 aliphatic carbocycles. The Kier molecular flexibility index (Phi) is 5.70. The third-order valence-electron chi connectivity index (χ3n) is 2.73. The van der Waals surface area contributed by atoms with Gasteiger partial charge in [0.15, 0.2) is 5.78 Å². The highest BCUT2D eigenvalue weighted by Crippen LogP contribution is 2.13. The number of carbonyl (C=O) groups is 2. The van der Waals surface area contributed by atoms with Crippen molar-refractivity contribution in [3.8, 4) is 5.75 Å². The summed E-state index contributed by atoms with van der Waals surface area (Å²) in [6.45, 7) is 4.05. The zero-order valence-electron chi connectivity index (χ0n) is 12.2. The molecule has 1 aromatic carbocycles. The van der Waals surface area contributed by atoms with Crippen molar-refractivity contribution < 1.29 is 14.3 Å². The summed E-state index contributed by atoms with van der Waals surface area (Å²) in [5, 5.41) is 2.71. The van der Waals surface area contributed by atoms with Crippen molar-refractivity contribution in [2.45, 2.75) is 32.2 Å². The van der Waals surface area contributed by atoms with Crippen LogP contribution in [-0.4, -0.2) is 30.9 Å². The van der Waals surface area contributed by atoms with Gasteiger partial charge in [0.05, 0.1) is 7.11 Å². The molecule has 0 atom stereocenters. The predicted molar refractivity (Wildman–Crippen MR) is 77.8 cm³/mol. The molecule has 0 saturated heterocycles. The molecule has 0 spiro atoms. The molecule has 0 aliphatic rings. The Labute approximate surface area is 119 Å². The number of rotatable bonds is 7. The van der Waals surface area contributed by atoms with E-state index in [-0.39, 0.29) is 24.5 Å². The molecule has 5 heteroatoms. The first-order valence-corrected chi connectivity index (χ1v) is 6.54. The first-order chi connectivity index (χ1) is 9.31. The van der Waals surface area contributed by atoms with Crippen molar-refractivity contribution in [3.63, 3.8) is 0 Å². The van der Waals surface area contributed by atoms with Crippen molar-refractivity contribution in [1.29, 1.82) is 0 Å². The van der Waals surface area contributed by atoms with Gasteiger partial charge in [0.25, 0.3) is 0 Å². The third-order valence-corrected chi connectivity index (χ3v) is 2.73. The van der Waals surface area contributed by atoms with E-state index in [0.717, 1.165) is 0 Å². The van der Waals surface area contributed by atoms with Gasteiger partial charge in [-0.15, -0.1) is 0 Å². The van der Waals surface area contributed by atoms with Crippen LogP contribution in [0.1, 0.15) is 37.0 Å². The molecule has 1 aromatic rings. The van der Waals surface area contributed by atoms with E-state index in [1.165, 1.54) is 0 Å². The van der Waals surface area contributed by atoms with Gasteiger partial charge in [0, 0.05) is 30.5 Å². The fraction of sp³-hybridized carbons (Fsp3) is 0.467. The van der Waals surface area contributed by atoms with Gasteiger partial charge in [-0.05, 0) is 38.1 Å². The van der Waals surface area contributed by atoms with E-state index < -0.39 is 5.54 Å². The van der Waals surface area contributed by atoms with Gasteiger partial charge in [-0.25, -0.2) is 0 Å². The van der Waals surface area contributed by atoms with Crippen molar-refractivity contribution in [3.05, 3.63) is 29.8 Å². The zero-order chi connectivity index (χ0) is 15.2. The van der Waals surface area contributed by atoms with Crippen LogP contribution in [0, 0.1) is 0 Å². The Hall–Kier alpha value is -1.88. The lowest BCUT2D eigenvalue weighted by Gasteiger charge is -2.18. The number of amides is 1. The largest absolute Gasteiger partial charge is 0.497 e. The number of nitrogens with two attached hydrogens (primary N) is 1. The van der Waals surface area contributed by atoms with Crippen LogP contribution in [0.15, 0.2) is 24.3 Å². The van der Waals surface area contributed by atoms with Crippen LogP contribution in [-0.2, 0) is 4.79 Å². The van der Waals surface area contributed by atoms with Gasteiger partial charge in [0.1, 0.15) is 5.75 Å². The summed E-state index contributed by atoms with van der Waals surface area (Å²) in [4.78, 5) is 23.5. The highest BCUT2D eigenvalue weighted by Gasteiger charge is 2.13. The first-order valence-electron chi connectivity index (χ1n) is 6.54. The van der Waals surface area contributed by atoms with Gasteiger partial charge in [-0.1, -0.05) is 0 Å². The number of hydrogen-bond acceptors (Lipinski definition) is 4. The first kappa shape index (κ1) is 16.2. The number of ketones is 1. The number of carbonyl (C=O) groups excluding carboxylic acids is 2. The Morgan fingerprint density at radius 3 is 2.30 bits per heavy atom. The zero-order valence-corrected chi connectivity index (χ0v) is 12.2. The molecular formula is C15H22N2O3. The predicted octanol–water partition coefficient (Wildman–Crippen LogP) is 1.51. The minimum absolute atomic E-state index is 0.0604. The summed E-state index contributed by atoms with van der Waals surface area (Å²) >= 11 is 0. The van der Waals surface area contributed by atoms with Crippen LogP contribution < -0.4 is 15.8 Å². The van der Waals surface area contributed by atoms with E-state index in [9.17, 15) is 9.59 Å². The molecule has 0 heterocycles. The molecule has 5 nitrogen and oxygen atoms in total. The van der Waals surface area contributed by atoms with E-state index in [4.69, 9.17) is 10.5 Å². The molecule has 0 saturated carbocycles. The highest BCUT2D eigenvalue weighted by atomic mass is 16.5. The molecule has 3 N–H and O–H groups in total. The maximum atomic E-state index is 11.9. The van der Waals surface area contributed by atoms with Crippen molar-refractivity contribution in [2.24, 2.45) is 5.73 Å². The number of ether oxygens (including phenoxy) is 1. The second kappa shape index (κ2) is 7.05. The van der Waals surface area contributed by atoms with Gasteiger partial charge < -0.3 is 15.8 Å². The smallest absolute Gasteiger partial charge is 0.220 e. The summed E-state index contributed by atoms with van der Waals surface area (Å²) in [7, 11) is 1.57. The van der Waals surface area contributed by atoms with Crippen LogP contribution >= 0.6 is 0 Å². The molecule has 110 valence electrons. The molecule has 0 aromatic heterocycles. The van der Waals surface area contributed by atoms with E-state index in [2.05, 4.69) is 5.32 Å². The lowest BCUT2D eigenvalue weighted by atomic mass is 10.1. The van der Waals surface area contributed by atoms with E-state index >= 15 is 0 Å². The number of nitrogens with one attached hydrogen (secondary N) is 1. The highest BCUT2D eigenvalue weighted by molar-refractivity contribution is 5.98. The summed E-state index contributed by atoms with van der Waals surface area (Å²) in [5.74, 6) is 0.477. The summed E-state index contributed by atoms with van der Waals surface area (Å²) < 4.78 is 5.02. The summed E-state index contributed by atoms with van der Waals surface area (Å²) in [6, 6.07) is 6.85. The SMILES string of the molecule is COc1ccc(C(=O)CCC(=O)NCC(C)(C)N)cc1. The Morgan fingerprint density at radius 2 is 1.80 bits per heavy atom. The topological polar surface area (TPSA) is 81.4 Å². The lowest BCUT2D eigenvalue weighted by molar-refractivity contribution is -0.121. The second-order valence-corrected chi connectivity index (χ2v) is 5.42. The van der Waals surface area contributed by atoms with Gasteiger partial charge >= 0.3 is 0 Å². The van der Waals surface area contributed by atoms with Crippen LogP contribution in [0.4, 0.5) is 0 Å². The fourth-order valence-electron chi connectivity index (χ4n) is 1.56. The minimum Gasteiger partial charge on any atom is -0.497 e. The van der Waals surface area contributed by atoms with E-state index in [0.29, 0.717) is 17.9 Å². The van der Waals surface area contributed by atoms with Gasteiger partial charge in [-0.2, -0.15) is 0 Å². The molecule has 0 radical (unpaired) electrons. The van der Waals surface area contributed by atoms with Crippen LogP contribution in [0.5, 0.6) is 5.75 Å². The lowest BCUT2D eigenvalue weighted by Crippen LogP contribution is -2.45. The molecular weight excluding hydrogens is 256 g/mol. The molecule has 0 fully saturated rings. The van der Waals surface area contributed by atoms with Crippen molar-refractivity contribution in [2.75, 3.05) is 13.7 Å². The Bertz CT molecular complexity index is 461. The maximum Gasteiger partial charge on any atom is 0.220 e. The number of methoxy groups -OCH3 is 1. The van der Waals surface area contributed by atoms with Crippen LogP contribution in [0.2, 0.25) is 0 Å². The molecule has 1 amide bonds. The quantitative estimate of drug-likeness (QED) is 0.741. The Morgan fingerprint density at radius 1 is 1.20 bits per heavy atom. The summed E-state index contributed by atoms with van der Waals surface area (Å²) in [5.41, 5.74) is 5.90. The fourth-order valence-corrected chi connectivity index (χ4v) is 1.56. The van der Waals surface area contributed by atoms with E-state index in [1.54, 1.807) is 31.4 Å². The molecule has 0 bridgehead atoms. The number of hydrogen-bond donors (Lipinski definition) is 2. The van der Waals surface area contributed by atoms with Crippen LogP contribution in [0.25, 0.3) is 0 Å². The van der Waals surface area contributed by atoms with Gasteiger partial charge in [0.2, 0.25) is 5.91 Å². The van der Waals surface area contributed by atoms with Gasteiger partial charge in [-0.3, -0.25) is 9.59 Å².